The average molecular weight is 449 g/mol. The Balaban J connectivity index is 1.86. The number of rotatable bonds is 3. The molecule has 2 N–H and O–H groups in total. The SMILES string of the molecule is CCn1c(=O)n(-c2cccc(C(F)(F)F)c2)c2c3cc(-c4ccc(N)nc4)ccc3ncc21. The van der Waals surface area contributed by atoms with Crippen LogP contribution in [0.25, 0.3) is 38.8 Å². The van der Waals surface area contributed by atoms with Gasteiger partial charge in [0.05, 0.1) is 34.0 Å². The molecule has 0 aliphatic rings. The highest BCUT2D eigenvalue weighted by molar-refractivity contribution is 6.04. The summed E-state index contributed by atoms with van der Waals surface area (Å²) in [5.74, 6) is 0.391. The predicted molar refractivity (Wildman–Crippen MR) is 121 cm³/mol. The molecule has 0 aliphatic heterocycles. The fourth-order valence-electron chi connectivity index (χ4n) is 4.04. The predicted octanol–water partition coefficient (Wildman–Crippen LogP) is 5.02. The zero-order chi connectivity index (χ0) is 23.3. The first-order chi connectivity index (χ1) is 15.8. The summed E-state index contributed by atoms with van der Waals surface area (Å²) in [4.78, 5) is 21.9. The van der Waals surface area contributed by atoms with Crippen molar-refractivity contribution in [3.8, 4) is 16.8 Å². The molecule has 6 nitrogen and oxygen atoms in total. The minimum Gasteiger partial charge on any atom is -0.384 e. The van der Waals surface area contributed by atoms with Gasteiger partial charge in [-0.15, -0.1) is 0 Å². The topological polar surface area (TPSA) is 78.7 Å². The summed E-state index contributed by atoms with van der Waals surface area (Å²) < 4.78 is 42.9. The van der Waals surface area contributed by atoms with Gasteiger partial charge in [-0.25, -0.2) is 9.78 Å². The van der Waals surface area contributed by atoms with Crippen LogP contribution < -0.4 is 11.4 Å². The van der Waals surface area contributed by atoms with E-state index in [0.29, 0.717) is 34.3 Å². The summed E-state index contributed by atoms with van der Waals surface area (Å²) in [6.45, 7) is 2.15. The fourth-order valence-corrected chi connectivity index (χ4v) is 4.04. The quantitative estimate of drug-likeness (QED) is 0.419. The Morgan fingerprint density at radius 2 is 1.76 bits per heavy atom. The van der Waals surface area contributed by atoms with Crippen LogP contribution in [0.3, 0.4) is 0 Å². The van der Waals surface area contributed by atoms with Crippen LogP contribution in [0.1, 0.15) is 12.5 Å². The maximum Gasteiger partial charge on any atom is 0.416 e. The summed E-state index contributed by atoms with van der Waals surface area (Å²) in [7, 11) is 0. The number of alkyl halides is 3. The van der Waals surface area contributed by atoms with Crippen LogP contribution in [0, 0.1) is 0 Å². The van der Waals surface area contributed by atoms with Gasteiger partial charge in [-0.1, -0.05) is 12.1 Å². The van der Waals surface area contributed by atoms with E-state index < -0.39 is 17.4 Å². The van der Waals surface area contributed by atoms with Crippen molar-refractivity contribution in [3.05, 3.63) is 83.0 Å². The first kappa shape index (κ1) is 20.7. The van der Waals surface area contributed by atoms with Crippen molar-refractivity contribution >= 4 is 27.8 Å². The van der Waals surface area contributed by atoms with Crippen molar-refractivity contribution in [2.24, 2.45) is 0 Å². The highest BCUT2D eigenvalue weighted by Gasteiger charge is 2.31. The molecule has 5 aromatic rings. The van der Waals surface area contributed by atoms with Gasteiger partial charge in [0, 0.05) is 23.7 Å². The van der Waals surface area contributed by atoms with E-state index in [2.05, 4.69) is 9.97 Å². The zero-order valence-electron chi connectivity index (χ0n) is 17.5. The van der Waals surface area contributed by atoms with Crippen LogP contribution in [-0.4, -0.2) is 19.1 Å². The van der Waals surface area contributed by atoms with Gasteiger partial charge in [0.1, 0.15) is 5.82 Å². The number of aromatic nitrogens is 4. The molecule has 33 heavy (non-hydrogen) atoms. The molecule has 0 saturated heterocycles. The highest BCUT2D eigenvalue weighted by Crippen LogP contribution is 2.33. The molecule has 0 saturated carbocycles. The standard InChI is InChI=1S/C24H18F3N5O/c1-2-31-20-13-29-19-8-6-14(15-7-9-21(28)30-12-15)10-18(19)22(20)32(23(31)33)17-5-3-4-16(11-17)24(25,26)27/h3-13H,2H2,1H3,(H2,28,30). The number of imidazole rings is 1. The highest BCUT2D eigenvalue weighted by atomic mass is 19.4. The maximum absolute atomic E-state index is 13.4. The second-order valence-corrected chi connectivity index (χ2v) is 7.61. The molecular formula is C24H18F3N5O. The molecule has 0 radical (unpaired) electrons. The lowest BCUT2D eigenvalue weighted by Gasteiger charge is -2.11. The zero-order valence-corrected chi connectivity index (χ0v) is 17.5. The van der Waals surface area contributed by atoms with Crippen LogP contribution >= 0.6 is 0 Å². The molecule has 9 heteroatoms. The third kappa shape index (κ3) is 3.42. The number of hydrogen-bond acceptors (Lipinski definition) is 4. The third-order valence-corrected chi connectivity index (χ3v) is 5.62. The molecule has 0 aliphatic carbocycles. The van der Waals surface area contributed by atoms with Crippen molar-refractivity contribution < 1.29 is 13.2 Å². The molecule has 0 amide bonds. The van der Waals surface area contributed by atoms with Gasteiger partial charge in [0.15, 0.2) is 0 Å². The second-order valence-electron chi connectivity index (χ2n) is 7.61. The summed E-state index contributed by atoms with van der Waals surface area (Å²) in [6, 6.07) is 13.8. The van der Waals surface area contributed by atoms with E-state index in [9.17, 15) is 18.0 Å². The number of nitrogens with zero attached hydrogens (tertiary/aromatic N) is 4. The Labute approximate surface area is 185 Å². The van der Waals surface area contributed by atoms with Crippen molar-refractivity contribution in [1.82, 2.24) is 19.1 Å². The third-order valence-electron chi connectivity index (χ3n) is 5.62. The van der Waals surface area contributed by atoms with E-state index in [1.54, 1.807) is 25.4 Å². The molecule has 166 valence electrons. The van der Waals surface area contributed by atoms with Crippen LogP contribution in [-0.2, 0) is 12.7 Å². The van der Waals surface area contributed by atoms with E-state index >= 15 is 0 Å². The molecule has 0 unspecified atom stereocenters. The fraction of sp³-hybridized carbons (Fsp3) is 0.125. The lowest BCUT2D eigenvalue weighted by Crippen LogP contribution is -2.23. The first-order valence-corrected chi connectivity index (χ1v) is 10.2. The van der Waals surface area contributed by atoms with E-state index in [0.717, 1.165) is 23.3 Å². The molecular weight excluding hydrogens is 431 g/mol. The summed E-state index contributed by atoms with van der Waals surface area (Å²) in [5.41, 5.74) is 7.85. The molecule has 0 bridgehead atoms. The molecule has 3 heterocycles. The van der Waals surface area contributed by atoms with Crippen molar-refractivity contribution in [2.45, 2.75) is 19.6 Å². The summed E-state index contributed by atoms with van der Waals surface area (Å²) in [5, 5.41) is 0.642. The van der Waals surface area contributed by atoms with Crippen molar-refractivity contribution in [3.63, 3.8) is 0 Å². The van der Waals surface area contributed by atoms with Crippen LogP contribution in [0.4, 0.5) is 19.0 Å². The summed E-state index contributed by atoms with van der Waals surface area (Å²) >= 11 is 0. The van der Waals surface area contributed by atoms with E-state index in [4.69, 9.17) is 5.73 Å². The molecule has 0 spiro atoms. The Morgan fingerprint density at radius 3 is 2.45 bits per heavy atom. The van der Waals surface area contributed by atoms with Gasteiger partial charge in [-0.2, -0.15) is 13.2 Å². The largest absolute Gasteiger partial charge is 0.416 e. The molecule has 0 atom stereocenters. The van der Waals surface area contributed by atoms with Gasteiger partial charge in [-0.3, -0.25) is 14.1 Å². The van der Waals surface area contributed by atoms with Gasteiger partial charge >= 0.3 is 11.9 Å². The normalized spacial score (nSPS) is 12.0. The van der Waals surface area contributed by atoms with Crippen molar-refractivity contribution in [2.75, 3.05) is 5.73 Å². The van der Waals surface area contributed by atoms with Crippen molar-refractivity contribution in [1.29, 1.82) is 0 Å². The summed E-state index contributed by atoms with van der Waals surface area (Å²) in [6.07, 6.45) is -1.31. The smallest absolute Gasteiger partial charge is 0.384 e. The Morgan fingerprint density at radius 1 is 0.970 bits per heavy atom. The Bertz CT molecular complexity index is 1570. The number of fused-ring (bicyclic) bond motifs is 3. The molecule has 5 rings (SSSR count). The molecule has 2 aromatic carbocycles. The van der Waals surface area contributed by atoms with Crippen LogP contribution in [0.5, 0.6) is 0 Å². The van der Waals surface area contributed by atoms with Gasteiger partial charge < -0.3 is 5.73 Å². The lowest BCUT2D eigenvalue weighted by molar-refractivity contribution is -0.137. The van der Waals surface area contributed by atoms with Crippen LogP contribution in [0.2, 0.25) is 0 Å². The monoisotopic (exact) mass is 449 g/mol. The van der Waals surface area contributed by atoms with Gasteiger partial charge in [0.25, 0.3) is 0 Å². The molecule has 3 aromatic heterocycles. The number of aryl methyl sites for hydroxylation is 1. The number of anilines is 1. The van der Waals surface area contributed by atoms with Gasteiger partial charge in [-0.05, 0) is 55.0 Å². The van der Waals surface area contributed by atoms with Crippen LogP contribution in [0.15, 0.2) is 71.8 Å². The minimum absolute atomic E-state index is 0.138. The number of nitrogens with two attached hydrogens (primary N) is 1. The number of hydrogen-bond donors (Lipinski definition) is 1. The van der Waals surface area contributed by atoms with E-state index in [1.807, 2.05) is 24.3 Å². The maximum atomic E-state index is 13.4. The Kier molecular flexibility index (Phi) is 4.70. The number of halogens is 3. The average Bonchev–Trinajstić information content (AvgIpc) is 3.10. The van der Waals surface area contributed by atoms with Gasteiger partial charge in [0.2, 0.25) is 0 Å². The lowest BCUT2D eigenvalue weighted by atomic mass is 10.0. The minimum atomic E-state index is -4.53. The van der Waals surface area contributed by atoms with E-state index in [-0.39, 0.29) is 5.69 Å². The van der Waals surface area contributed by atoms with E-state index in [1.165, 1.54) is 21.3 Å². The Hall–Kier alpha value is -4.14. The number of pyridine rings is 2. The number of nitrogen functional groups attached to an aromatic ring is 1. The second kappa shape index (κ2) is 7.47. The molecule has 0 fully saturated rings. The number of benzene rings is 2. The first-order valence-electron chi connectivity index (χ1n) is 10.2.